The Hall–Kier alpha value is -2.11. The van der Waals surface area contributed by atoms with Gasteiger partial charge in [0, 0.05) is 30.9 Å². The SMILES string of the molecule is Cc1cc(C)n(C2CCCN(c3cc(NC4CC4)ncn3)C2)n1. The number of nitrogens with one attached hydrogen (secondary N) is 1. The van der Waals surface area contributed by atoms with E-state index in [1.807, 2.05) is 0 Å². The summed E-state index contributed by atoms with van der Waals surface area (Å²) in [5.74, 6) is 1.97. The van der Waals surface area contributed by atoms with Crippen LogP contribution >= 0.6 is 0 Å². The maximum absolute atomic E-state index is 4.67. The highest BCUT2D eigenvalue weighted by molar-refractivity contribution is 5.49. The van der Waals surface area contributed by atoms with Crippen LogP contribution in [0.3, 0.4) is 0 Å². The number of nitrogens with zero attached hydrogens (tertiary/aromatic N) is 5. The second-order valence-electron chi connectivity index (χ2n) is 6.79. The van der Waals surface area contributed by atoms with Crippen LogP contribution in [0.25, 0.3) is 0 Å². The van der Waals surface area contributed by atoms with E-state index in [9.17, 15) is 0 Å². The van der Waals surface area contributed by atoms with Crippen LogP contribution in [0.5, 0.6) is 0 Å². The molecule has 1 N–H and O–H groups in total. The number of aryl methyl sites for hydroxylation is 2. The van der Waals surface area contributed by atoms with Gasteiger partial charge in [-0.15, -0.1) is 0 Å². The Kier molecular flexibility index (Phi) is 3.67. The fraction of sp³-hybridized carbons (Fsp3) is 0.588. The zero-order valence-electron chi connectivity index (χ0n) is 13.9. The molecular formula is C17H24N6. The Bertz CT molecular complexity index is 690. The predicted molar refractivity (Wildman–Crippen MR) is 90.9 cm³/mol. The highest BCUT2D eigenvalue weighted by Crippen LogP contribution is 2.28. The van der Waals surface area contributed by atoms with Gasteiger partial charge in [-0.25, -0.2) is 9.97 Å². The van der Waals surface area contributed by atoms with E-state index in [1.165, 1.54) is 31.4 Å². The molecule has 1 aliphatic carbocycles. The Morgan fingerprint density at radius 3 is 2.74 bits per heavy atom. The van der Waals surface area contributed by atoms with Crippen molar-refractivity contribution in [3.8, 4) is 0 Å². The lowest BCUT2D eigenvalue weighted by atomic mass is 10.1. The van der Waals surface area contributed by atoms with Crippen LogP contribution < -0.4 is 10.2 Å². The molecule has 3 heterocycles. The van der Waals surface area contributed by atoms with Crippen molar-refractivity contribution in [1.82, 2.24) is 19.7 Å². The molecular weight excluding hydrogens is 288 g/mol. The minimum absolute atomic E-state index is 0.423. The van der Waals surface area contributed by atoms with E-state index in [0.29, 0.717) is 12.1 Å². The van der Waals surface area contributed by atoms with Gasteiger partial charge in [0.25, 0.3) is 0 Å². The van der Waals surface area contributed by atoms with Gasteiger partial charge in [0.2, 0.25) is 0 Å². The molecule has 6 nitrogen and oxygen atoms in total. The first-order valence-corrected chi connectivity index (χ1v) is 8.55. The molecule has 0 aromatic carbocycles. The van der Waals surface area contributed by atoms with Gasteiger partial charge in [0.15, 0.2) is 0 Å². The Labute approximate surface area is 136 Å². The lowest BCUT2D eigenvalue weighted by Gasteiger charge is -2.34. The van der Waals surface area contributed by atoms with Gasteiger partial charge >= 0.3 is 0 Å². The molecule has 6 heteroatoms. The maximum Gasteiger partial charge on any atom is 0.134 e. The number of hydrogen-bond donors (Lipinski definition) is 1. The second-order valence-corrected chi connectivity index (χ2v) is 6.79. The molecule has 0 amide bonds. The van der Waals surface area contributed by atoms with E-state index in [4.69, 9.17) is 0 Å². The predicted octanol–water partition coefficient (Wildman–Crippen LogP) is 2.71. The molecule has 0 bridgehead atoms. The van der Waals surface area contributed by atoms with Crippen LogP contribution in [-0.4, -0.2) is 38.9 Å². The van der Waals surface area contributed by atoms with Crippen molar-refractivity contribution >= 4 is 11.6 Å². The van der Waals surface area contributed by atoms with Crippen LogP contribution in [0.2, 0.25) is 0 Å². The van der Waals surface area contributed by atoms with Gasteiger partial charge in [-0.3, -0.25) is 4.68 Å². The zero-order valence-corrected chi connectivity index (χ0v) is 13.9. The number of rotatable bonds is 4. The van der Waals surface area contributed by atoms with Gasteiger partial charge in [-0.2, -0.15) is 5.10 Å². The summed E-state index contributed by atoms with van der Waals surface area (Å²) in [7, 11) is 0. The van der Waals surface area contributed by atoms with Gasteiger partial charge in [-0.05, 0) is 45.6 Å². The van der Waals surface area contributed by atoms with Crippen molar-refractivity contribution < 1.29 is 0 Å². The third-order valence-electron chi connectivity index (χ3n) is 4.69. The Morgan fingerprint density at radius 2 is 2.00 bits per heavy atom. The highest BCUT2D eigenvalue weighted by Gasteiger charge is 2.25. The molecule has 122 valence electrons. The summed E-state index contributed by atoms with van der Waals surface area (Å²) in [5, 5.41) is 8.13. The van der Waals surface area contributed by atoms with Crippen LogP contribution in [-0.2, 0) is 0 Å². The molecule has 4 rings (SSSR count). The fourth-order valence-electron chi connectivity index (χ4n) is 3.41. The Balaban J connectivity index is 1.51. The standard InChI is InChI=1S/C17H24N6/c1-12-8-13(2)23(21-12)15-4-3-7-22(10-15)17-9-16(18-11-19-17)20-14-5-6-14/h8-9,11,14-15H,3-7,10H2,1-2H3,(H,18,19,20). The first kappa shape index (κ1) is 14.5. The average Bonchev–Trinajstić information content (AvgIpc) is 3.30. The van der Waals surface area contributed by atoms with Gasteiger partial charge in [0.1, 0.15) is 18.0 Å². The molecule has 0 radical (unpaired) electrons. The first-order valence-electron chi connectivity index (χ1n) is 8.55. The van der Waals surface area contributed by atoms with Crippen LogP contribution in [0.4, 0.5) is 11.6 Å². The van der Waals surface area contributed by atoms with Crippen molar-refractivity contribution in [2.45, 2.75) is 51.6 Å². The zero-order chi connectivity index (χ0) is 15.8. The van der Waals surface area contributed by atoms with Crippen molar-refractivity contribution in [2.24, 2.45) is 0 Å². The molecule has 2 aromatic rings. The van der Waals surface area contributed by atoms with Crippen molar-refractivity contribution in [2.75, 3.05) is 23.3 Å². The van der Waals surface area contributed by atoms with Gasteiger partial charge in [-0.1, -0.05) is 0 Å². The van der Waals surface area contributed by atoms with E-state index < -0.39 is 0 Å². The van der Waals surface area contributed by atoms with E-state index in [1.54, 1.807) is 6.33 Å². The van der Waals surface area contributed by atoms with Gasteiger partial charge < -0.3 is 10.2 Å². The molecule has 1 saturated heterocycles. The molecule has 1 unspecified atom stereocenters. The minimum Gasteiger partial charge on any atom is -0.367 e. The number of anilines is 2. The molecule has 1 aliphatic heterocycles. The molecule has 1 saturated carbocycles. The first-order chi connectivity index (χ1) is 11.2. The third-order valence-corrected chi connectivity index (χ3v) is 4.69. The summed E-state index contributed by atoms with van der Waals surface area (Å²) in [6.45, 7) is 6.21. The normalized spacial score (nSPS) is 21.5. The summed E-state index contributed by atoms with van der Waals surface area (Å²) < 4.78 is 2.19. The molecule has 23 heavy (non-hydrogen) atoms. The Morgan fingerprint density at radius 1 is 1.13 bits per heavy atom. The molecule has 1 atom stereocenters. The van der Waals surface area contributed by atoms with E-state index in [-0.39, 0.29) is 0 Å². The second kappa shape index (κ2) is 5.83. The van der Waals surface area contributed by atoms with Crippen LogP contribution in [0.15, 0.2) is 18.5 Å². The highest BCUT2D eigenvalue weighted by atomic mass is 15.3. The smallest absolute Gasteiger partial charge is 0.134 e. The monoisotopic (exact) mass is 312 g/mol. The average molecular weight is 312 g/mol. The summed E-state index contributed by atoms with van der Waals surface area (Å²) in [6, 6.07) is 5.28. The molecule has 2 aliphatic rings. The van der Waals surface area contributed by atoms with E-state index in [0.717, 1.165) is 30.4 Å². The van der Waals surface area contributed by atoms with E-state index >= 15 is 0 Å². The minimum atomic E-state index is 0.423. The number of piperidine rings is 1. The van der Waals surface area contributed by atoms with Crippen LogP contribution in [0.1, 0.15) is 43.1 Å². The van der Waals surface area contributed by atoms with Crippen molar-refractivity contribution in [3.63, 3.8) is 0 Å². The summed E-state index contributed by atoms with van der Waals surface area (Å²) in [5.41, 5.74) is 2.34. The molecule has 0 spiro atoms. The van der Waals surface area contributed by atoms with E-state index in [2.05, 4.69) is 55.9 Å². The molecule has 2 fully saturated rings. The summed E-state index contributed by atoms with van der Waals surface area (Å²) in [6.07, 6.45) is 6.52. The number of aromatic nitrogens is 4. The summed E-state index contributed by atoms with van der Waals surface area (Å²) in [4.78, 5) is 11.2. The third kappa shape index (κ3) is 3.16. The fourth-order valence-corrected chi connectivity index (χ4v) is 3.41. The summed E-state index contributed by atoms with van der Waals surface area (Å²) >= 11 is 0. The maximum atomic E-state index is 4.67. The lowest BCUT2D eigenvalue weighted by Crippen LogP contribution is -2.37. The van der Waals surface area contributed by atoms with Gasteiger partial charge in [0.05, 0.1) is 11.7 Å². The van der Waals surface area contributed by atoms with Crippen LogP contribution in [0, 0.1) is 13.8 Å². The largest absolute Gasteiger partial charge is 0.367 e. The quantitative estimate of drug-likeness (QED) is 0.940. The lowest BCUT2D eigenvalue weighted by molar-refractivity contribution is 0.368. The number of hydrogen-bond acceptors (Lipinski definition) is 5. The molecule has 2 aromatic heterocycles. The van der Waals surface area contributed by atoms with Crippen molar-refractivity contribution in [3.05, 3.63) is 29.8 Å². The van der Waals surface area contributed by atoms with Crippen molar-refractivity contribution in [1.29, 1.82) is 0 Å². The topological polar surface area (TPSA) is 58.9 Å².